The van der Waals surface area contributed by atoms with Crippen molar-refractivity contribution in [1.29, 1.82) is 0 Å². The summed E-state index contributed by atoms with van der Waals surface area (Å²) < 4.78 is 27.5. The van der Waals surface area contributed by atoms with Gasteiger partial charge in [0.1, 0.15) is 11.6 Å². The van der Waals surface area contributed by atoms with Crippen LogP contribution in [0.1, 0.15) is 21.5 Å². The number of hydrogen-bond acceptors (Lipinski definition) is 1. The Balaban J connectivity index is 2.46. The summed E-state index contributed by atoms with van der Waals surface area (Å²) >= 11 is 3.25. The van der Waals surface area contributed by atoms with E-state index in [0.717, 1.165) is 10.5 Å². The minimum atomic E-state index is -0.842. The van der Waals surface area contributed by atoms with Crippen LogP contribution in [0, 0.1) is 18.6 Å². The Morgan fingerprint density at radius 2 is 1.67 bits per heavy atom. The van der Waals surface area contributed by atoms with Gasteiger partial charge in [0.25, 0.3) is 0 Å². The van der Waals surface area contributed by atoms with E-state index >= 15 is 0 Å². The van der Waals surface area contributed by atoms with Crippen molar-refractivity contribution in [3.05, 3.63) is 69.2 Å². The molecule has 0 aromatic heterocycles. The summed E-state index contributed by atoms with van der Waals surface area (Å²) in [4.78, 5) is 12.1. The number of halogens is 3. The van der Waals surface area contributed by atoms with Crippen molar-refractivity contribution in [2.24, 2.45) is 0 Å². The lowest BCUT2D eigenvalue weighted by molar-refractivity contribution is 0.103. The van der Waals surface area contributed by atoms with Crippen LogP contribution in [0.25, 0.3) is 0 Å². The minimum absolute atomic E-state index is 0.115. The second kappa shape index (κ2) is 4.98. The normalized spacial score (nSPS) is 10.4. The Morgan fingerprint density at radius 3 is 2.28 bits per heavy atom. The lowest BCUT2D eigenvalue weighted by Crippen LogP contribution is -2.05. The molecule has 0 spiro atoms. The molecule has 0 aliphatic rings. The van der Waals surface area contributed by atoms with Gasteiger partial charge in [-0.25, -0.2) is 8.78 Å². The van der Waals surface area contributed by atoms with Gasteiger partial charge in [-0.05, 0) is 42.8 Å². The lowest BCUT2D eigenvalue weighted by Gasteiger charge is -2.05. The van der Waals surface area contributed by atoms with E-state index in [4.69, 9.17) is 0 Å². The smallest absolute Gasteiger partial charge is 0.195 e. The lowest BCUT2D eigenvalue weighted by atomic mass is 10.0. The zero-order chi connectivity index (χ0) is 13.3. The zero-order valence-electron chi connectivity index (χ0n) is 9.51. The van der Waals surface area contributed by atoms with Gasteiger partial charge in [-0.2, -0.15) is 0 Å². The third kappa shape index (κ3) is 2.48. The molecule has 0 saturated carbocycles. The van der Waals surface area contributed by atoms with Crippen molar-refractivity contribution in [1.82, 2.24) is 0 Å². The number of rotatable bonds is 2. The average molecular weight is 311 g/mol. The van der Waals surface area contributed by atoms with Crippen LogP contribution in [0.3, 0.4) is 0 Å². The number of carbonyl (C=O) groups is 1. The third-order valence-corrected chi connectivity index (χ3v) is 3.13. The molecule has 2 aromatic carbocycles. The van der Waals surface area contributed by atoms with Crippen LogP contribution in [0.4, 0.5) is 8.78 Å². The molecule has 18 heavy (non-hydrogen) atoms. The predicted octanol–water partition coefficient (Wildman–Crippen LogP) is 4.27. The number of benzene rings is 2. The second-order valence-corrected chi connectivity index (χ2v) is 4.83. The van der Waals surface area contributed by atoms with Gasteiger partial charge in [0.05, 0.1) is 5.56 Å². The van der Waals surface area contributed by atoms with Crippen molar-refractivity contribution in [2.45, 2.75) is 6.92 Å². The van der Waals surface area contributed by atoms with Crippen LogP contribution in [0.15, 0.2) is 40.9 Å². The summed E-state index contributed by atoms with van der Waals surface area (Å²) in [7, 11) is 0. The van der Waals surface area contributed by atoms with Crippen molar-refractivity contribution in [2.75, 3.05) is 0 Å². The molecule has 0 N–H and O–H groups in total. The molecule has 92 valence electrons. The fourth-order valence-electron chi connectivity index (χ4n) is 1.59. The van der Waals surface area contributed by atoms with Crippen molar-refractivity contribution in [3.8, 4) is 0 Å². The van der Waals surface area contributed by atoms with Crippen molar-refractivity contribution in [3.63, 3.8) is 0 Å². The maximum absolute atomic E-state index is 13.6. The Hall–Kier alpha value is -1.55. The molecule has 0 saturated heterocycles. The summed E-state index contributed by atoms with van der Waals surface area (Å²) in [5.41, 5.74) is 0.496. The molecule has 0 heterocycles. The highest BCUT2D eigenvalue weighted by Gasteiger charge is 2.16. The number of aryl methyl sites for hydroxylation is 1. The van der Waals surface area contributed by atoms with Crippen molar-refractivity contribution >= 4 is 21.7 Å². The van der Waals surface area contributed by atoms with E-state index in [-0.39, 0.29) is 11.1 Å². The van der Waals surface area contributed by atoms with Crippen LogP contribution in [0.5, 0.6) is 0 Å². The number of hydrogen-bond donors (Lipinski definition) is 0. The molecule has 0 aliphatic carbocycles. The van der Waals surface area contributed by atoms with E-state index in [1.54, 1.807) is 24.3 Å². The summed E-state index contributed by atoms with van der Waals surface area (Å²) in [5, 5.41) is 0. The van der Waals surface area contributed by atoms with Gasteiger partial charge in [-0.1, -0.05) is 15.9 Å². The van der Waals surface area contributed by atoms with E-state index in [2.05, 4.69) is 15.9 Å². The highest BCUT2D eigenvalue weighted by molar-refractivity contribution is 9.10. The van der Waals surface area contributed by atoms with E-state index in [1.165, 1.54) is 13.0 Å². The summed E-state index contributed by atoms with van der Waals surface area (Å²) in [6, 6.07) is 8.54. The van der Waals surface area contributed by atoms with Gasteiger partial charge < -0.3 is 0 Å². The third-order valence-electron chi connectivity index (χ3n) is 2.60. The Bertz CT molecular complexity index is 606. The van der Waals surface area contributed by atoms with E-state index in [9.17, 15) is 13.6 Å². The van der Waals surface area contributed by atoms with Gasteiger partial charge in [0.2, 0.25) is 0 Å². The summed E-state index contributed by atoms with van der Waals surface area (Å²) in [6.45, 7) is 1.49. The molecule has 2 aromatic rings. The van der Waals surface area contributed by atoms with Gasteiger partial charge >= 0.3 is 0 Å². The van der Waals surface area contributed by atoms with Gasteiger partial charge in [0.15, 0.2) is 5.78 Å². The molecular weight excluding hydrogens is 302 g/mol. The maximum atomic E-state index is 13.6. The largest absolute Gasteiger partial charge is 0.288 e. The molecule has 1 nitrogen and oxygen atoms in total. The van der Waals surface area contributed by atoms with Crippen molar-refractivity contribution < 1.29 is 13.6 Å². The Kier molecular flexibility index (Phi) is 3.57. The molecule has 0 bridgehead atoms. The van der Waals surface area contributed by atoms with Crippen LogP contribution in [0.2, 0.25) is 0 Å². The number of ketones is 1. The van der Waals surface area contributed by atoms with Gasteiger partial charge in [0, 0.05) is 16.1 Å². The van der Waals surface area contributed by atoms with E-state index in [0.29, 0.717) is 5.56 Å². The molecule has 2 rings (SSSR count). The topological polar surface area (TPSA) is 17.1 Å². The molecule has 0 amide bonds. The second-order valence-electron chi connectivity index (χ2n) is 3.92. The summed E-state index contributed by atoms with van der Waals surface area (Å²) in [5.74, 6) is -1.95. The van der Waals surface area contributed by atoms with E-state index < -0.39 is 17.4 Å². The van der Waals surface area contributed by atoms with Gasteiger partial charge in [-0.3, -0.25) is 4.79 Å². The highest BCUT2D eigenvalue weighted by Crippen LogP contribution is 2.19. The Morgan fingerprint density at radius 1 is 1.06 bits per heavy atom. The predicted molar refractivity (Wildman–Crippen MR) is 68.7 cm³/mol. The van der Waals surface area contributed by atoms with Crippen LogP contribution in [-0.4, -0.2) is 5.78 Å². The minimum Gasteiger partial charge on any atom is -0.288 e. The fourth-order valence-corrected chi connectivity index (χ4v) is 1.85. The summed E-state index contributed by atoms with van der Waals surface area (Å²) in [6.07, 6.45) is 0. The monoisotopic (exact) mass is 310 g/mol. The zero-order valence-corrected chi connectivity index (χ0v) is 11.1. The van der Waals surface area contributed by atoms with Crippen LogP contribution < -0.4 is 0 Å². The molecule has 0 atom stereocenters. The molecule has 0 radical (unpaired) electrons. The molecule has 0 aliphatic heterocycles. The first-order valence-electron chi connectivity index (χ1n) is 5.25. The first-order valence-corrected chi connectivity index (χ1v) is 6.04. The van der Waals surface area contributed by atoms with E-state index in [1.807, 2.05) is 0 Å². The Labute approximate surface area is 112 Å². The first-order chi connectivity index (χ1) is 8.49. The average Bonchev–Trinajstić information content (AvgIpc) is 2.34. The number of carbonyl (C=O) groups excluding carboxylic acids is 1. The fraction of sp³-hybridized carbons (Fsp3) is 0.0714. The first kappa shape index (κ1) is 12.9. The molecule has 0 unspecified atom stereocenters. The molecule has 0 fully saturated rings. The highest BCUT2D eigenvalue weighted by atomic mass is 79.9. The van der Waals surface area contributed by atoms with Crippen LogP contribution >= 0.6 is 15.9 Å². The molecule has 4 heteroatoms. The standard InChI is InChI=1S/C14H9BrF2O/c1-8-6-11(13(17)7-12(8)16)14(18)9-2-4-10(15)5-3-9/h2-7H,1H3. The maximum Gasteiger partial charge on any atom is 0.195 e. The van der Waals surface area contributed by atoms with Gasteiger partial charge in [-0.15, -0.1) is 0 Å². The van der Waals surface area contributed by atoms with Crippen LogP contribution in [-0.2, 0) is 0 Å². The quantitative estimate of drug-likeness (QED) is 0.757. The SMILES string of the molecule is Cc1cc(C(=O)c2ccc(Br)cc2)c(F)cc1F. The molecular formula is C14H9BrF2O.